The van der Waals surface area contributed by atoms with Crippen LogP contribution in [-0.2, 0) is 5.41 Å². The molecule has 314 valence electrons. The van der Waals surface area contributed by atoms with Crippen molar-refractivity contribution in [1.82, 2.24) is 8.80 Å². The van der Waals surface area contributed by atoms with E-state index in [9.17, 15) is 0 Å². The second-order valence-electron chi connectivity index (χ2n) is 18.9. The smallest absolute Gasteiger partial charge is 0.137 e. The summed E-state index contributed by atoms with van der Waals surface area (Å²) in [5, 5.41) is 7.40. The summed E-state index contributed by atoms with van der Waals surface area (Å²) in [7, 11) is 0. The average molecular weight is 856 g/mol. The Morgan fingerprint density at radius 1 is 0.343 bits per heavy atom. The Bertz CT molecular complexity index is 4350. The SMILES string of the molecule is CC1(C)c2ccccc2-c2ccc(N(c3ccc(-c4ccc(-c5ccc6c(c5)n5c7ccccc7c7ccc8c9ccccc9n6c8c75)cc4)cc3)c3ccc4c(c3)oc3ccccc34)cc21. The van der Waals surface area contributed by atoms with E-state index in [-0.39, 0.29) is 5.41 Å². The summed E-state index contributed by atoms with van der Waals surface area (Å²) in [6.07, 6.45) is 0. The molecule has 0 saturated carbocycles. The molecule has 0 bridgehead atoms. The zero-order chi connectivity index (χ0) is 44.1. The van der Waals surface area contributed by atoms with E-state index in [1.165, 1.54) is 99.2 Å². The van der Waals surface area contributed by atoms with E-state index in [1.54, 1.807) is 0 Å². The first kappa shape index (κ1) is 36.7. The summed E-state index contributed by atoms with van der Waals surface area (Å²) in [6.45, 7) is 4.69. The predicted octanol–water partition coefficient (Wildman–Crippen LogP) is 17.3. The molecule has 1 aliphatic rings. The van der Waals surface area contributed by atoms with Gasteiger partial charge in [-0.3, -0.25) is 0 Å². The van der Waals surface area contributed by atoms with Gasteiger partial charge in [0.05, 0.1) is 33.1 Å². The molecular formula is C63H41N3O. The highest BCUT2D eigenvalue weighted by molar-refractivity contribution is 6.25. The molecule has 0 fully saturated rings. The third-order valence-electron chi connectivity index (χ3n) is 15.0. The lowest BCUT2D eigenvalue weighted by molar-refractivity contribution is 0.660. The fourth-order valence-corrected chi connectivity index (χ4v) is 11.9. The number of furan rings is 1. The van der Waals surface area contributed by atoms with Crippen LogP contribution < -0.4 is 4.90 Å². The second-order valence-corrected chi connectivity index (χ2v) is 18.9. The van der Waals surface area contributed by atoms with E-state index in [1.807, 2.05) is 12.1 Å². The quantitative estimate of drug-likeness (QED) is 0.161. The summed E-state index contributed by atoms with van der Waals surface area (Å²) in [4.78, 5) is 2.37. The molecule has 0 N–H and O–H groups in total. The molecule has 4 heteroatoms. The van der Waals surface area contributed by atoms with Crippen LogP contribution in [0.5, 0.6) is 0 Å². The minimum Gasteiger partial charge on any atom is -0.456 e. The molecule has 0 atom stereocenters. The van der Waals surface area contributed by atoms with Crippen molar-refractivity contribution in [2.45, 2.75) is 19.3 Å². The highest BCUT2D eigenvalue weighted by Crippen LogP contribution is 2.51. The zero-order valence-electron chi connectivity index (χ0n) is 37.0. The monoisotopic (exact) mass is 855 g/mol. The lowest BCUT2D eigenvalue weighted by atomic mass is 9.82. The molecule has 4 nitrogen and oxygen atoms in total. The molecule has 15 rings (SSSR count). The Hall–Kier alpha value is -8.60. The second kappa shape index (κ2) is 13.2. The van der Waals surface area contributed by atoms with Gasteiger partial charge >= 0.3 is 0 Å². The zero-order valence-corrected chi connectivity index (χ0v) is 37.0. The lowest BCUT2D eigenvalue weighted by Crippen LogP contribution is -2.16. The molecule has 67 heavy (non-hydrogen) atoms. The molecular weight excluding hydrogens is 815 g/mol. The van der Waals surface area contributed by atoms with Gasteiger partial charge in [0.25, 0.3) is 0 Å². The van der Waals surface area contributed by atoms with Crippen molar-refractivity contribution in [2.24, 2.45) is 0 Å². The number of fused-ring (bicyclic) bond motifs is 15. The van der Waals surface area contributed by atoms with Crippen molar-refractivity contribution in [3.05, 3.63) is 223 Å². The van der Waals surface area contributed by atoms with Gasteiger partial charge in [-0.1, -0.05) is 153 Å². The highest BCUT2D eigenvalue weighted by Gasteiger charge is 2.36. The topological polar surface area (TPSA) is 25.2 Å². The Morgan fingerprint density at radius 3 is 1.58 bits per heavy atom. The molecule has 0 aliphatic heterocycles. The van der Waals surface area contributed by atoms with Gasteiger partial charge in [-0.25, -0.2) is 0 Å². The van der Waals surface area contributed by atoms with E-state index in [0.29, 0.717) is 0 Å². The molecule has 0 radical (unpaired) electrons. The van der Waals surface area contributed by atoms with Gasteiger partial charge in [0.2, 0.25) is 0 Å². The largest absolute Gasteiger partial charge is 0.456 e. The summed E-state index contributed by atoms with van der Waals surface area (Å²) >= 11 is 0. The maximum absolute atomic E-state index is 6.45. The minimum atomic E-state index is -0.121. The van der Waals surface area contributed by atoms with Crippen molar-refractivity contribution >= 4 is 93.6 Å². The van der Waals surface area contributed by atoms with Gasteiger partial charge in [-0.2, -0.15) is 0 Å². The van der Waals surface area contributed by atoms with Crippen LogP contribution in [0.4, 0.5) is 17.1 Å². The van der Waals surface area contributed by atoms with Crippen LogP contribution in [0.1, 0.15) is 25.0 Å². The summed E-state index contributed by atoms with van der Waals surface area (Å²) in [5.41, 5.74) is 22.4. The predicted molar refractivity (Wildman–Crippen MR) is 280 cm³/mol. The third kappa shape index (κ3) is 5.02. The molecule has 0 saturated heterocycles. The van der Waals surface area contributed by atoms with Gasteiger partial charge in [0.1, 0.15) is 11.2 Å². The fraction of sp³-hybridized carbons (Fsp3) is 0.0476. The van der Waals surface area contributed by atoms with Crippen LogP contribution in [0.3, 0.4) is 0 Å². The maximum atomic E-state index is 6.45. The van der Waals surface area contributed by atoms with Crippen LogP contribution in [0.2, 0.25) is 0 Å². The van der Waals surface area contributed by atoms with Gasteiger partial charge in [0, 0.05) is 60.9 Å². The third-order valence-corrected chi connectivity index (χ3v) is 15.0. The molecule has 14 aromatic rings. The van der Waals surface area contributed by atoms with Crippen molar-refractivity contribution in [2.75, 3.05) is 4.90 Å². The van der Waals surface area contributed by atoms with Crippen LogP contribution in [0, 0.1) is 0 Å². The first-order valence-electron chi connectivity index (χ1n) is 23.2. The summed E-state index contributed by atoms with van der Waals surface area (Å²) in [5.74, 6) is 0. The number of para-hydroxylation sites is 3. The van der Waals surface area contributed by atoms with E-state index < -0.39 is 0 Å². The minimum absolute atomic E-state index is 0.121. The summed E-state index contributed by atoms with van der Waals surface area (Å²) < 4.78 is 11.4. The first-order chi connectivity index (χ1) is 33.0. The van der Waals surface area contributed by atoms with E-state index >= 15 is 0 Å². The van der Waals surface area contributed by atoms with Crippen LogP contribution >= 0.6 is 0 Å². The Kier molecular flexibility index (Phi) is 7.26. The molecule has 0 amide bonds. The molecule has 10 aromatic carbocycles. The normalized spacial score (nSPS) is 13.3. The Morgan fingerprint density at radius 2 is 0.851 bits per heavy atom. The standard InChI is InChI=1S/C63H41N3O/c1-63(2)53-15-7-3-11-45(53)46-30-28-43(36-54(46)63)64(44-29-31-50-49-14-6-10-18-59(49)67-60(50)37-44)42-26-23-39(24-27-42)38-19-21-40(22-20-38)41-25-34-57-58(35-41)66-56-17-9-5-13-48(56)52-33-32-51-47-12-4-8-16-55(47)65(57)61(51)62(52)66/h3-37H,1-2H3. The lowest BCUT2D eigenvalue weighted by Gasteiger charge is -2.28. The Balaban J connectivity index is 0.825. The fourth-order valence-electron chi connectivity index (χ4n) is 11.9. The number of rotatable bonds is 5. The van der Waals surface area contributed by atoms with Gasteiger partial charge < -0.3 is 18.1 Å². The van der Waals surface area contributed by atoms with Gasteiger partial charge in [0.15, 0.2) is 0 Å². The van der Waals surface area contributed by atoms with Crippen molar-refractivity contribution in [3.8, 4) is 33.4 Å². The van der Waals surface area contributed by atoms with Gasteiger partial charge in [-0.05, 0) is 111 Å². The molecule has 0 spiro atoms. The van der Waals surface area contributed by atoms with Gasteiger partial charge in [-0.15, -0.1) is 0 Å². The average Bonchev–Trinajstić information content (AvgIpc) is 4.09. The van der Waals surface area contributed by atoms with Crippen molar-refractivity contribution in [1.29, 1.82) is 0 Å². The molecule has 4 aromatic heterocycles. The highest BCUT2D eigenvalue weighted by atomic mass is 16.3. The van der Waals surface area contributed by atoms with E-state index in [4.69, 9.17) is 4.42 Å². The van der Waals surface area contributed by atoms with Crippen LogP contribution in [0.15, 0.2) is 217 Å². The number of hydrogen-bond acceptors (Lipinski definition) is 2. The molecule has 4 heterocycles. The maximum Gasteiger partial charge on any atom is 0.137 e. The van der Waals surface area contributed by atoms with Crippen LogP contribution in [0.25, 0.3) is 110 Å². The van der Waals surface area contributed by atoms with Crippen LogP contribution in [-0.4, -0.2) is 8.80 Å². The first-order valence-corrected chi connectivity index (χ1v) is 23.2. The Labute approximate surface area is 386 Å². The number of nitrogens with zero attached hydrogens (tertiary/aromatic N) is 3. The number of aromatic nitrogens is 2. The van der Waals surface area contributed by atoms with Crippen molar-refractivity contribution in [3.63, 3.8) is 0 Å². The molecule has 1 aliphatic carbocycles. The van der Waals surface area contributed by atoms with E-state index in [2.05, 4.69) is 228 Å². The molecule has 0 unspecified atom stereocenters. The summed E-state index contributed by atoms with van der Waals surface area (Å²) in [6, 6.07) is 78.1. The van der Waals surface area contributed by atoms with Crippen molar-refractivity contribution < 1.29 is 4.42 Å². The number of benzene rings is 10. The van der Waals surface area contributed by atoms with E-state index in [0.717, 1.165) is 39.0 Å². The number of anilines is 3. The number of hydrogen-bond donors (Lipinski definition) is 0.